The molecule has 0 radical (unpaired) electrons. The van der Waals surface area contributed by atoms with Crippen molar-refractivity contribution in [2.45, 2.75) is 32.7 Å². The molecule has 0 fully saturated rings. The molecule has 94 valence electrons. The van der Waals surface area contributed by atoms with E-state index in [0.29, 0.717) is 0 Å². The van der Waals surface area contributed by atoms with Crippen molar-refractivity contribution in [1.82, 2.24) is 9.97 Å². The zero-order valence-electron chi connectivity index (χ0n) is 10.9. The second-order valence-corrected chi connectivity index (χ2v) is 4.55. The molecule has 0 amide bonds. The van der Waals surface area contributed by atoms with Gasteiger partial charge in [-0.25, -0.2) is 0 Å². The molecule has 0 aromatic carbocycles. The van der Waals surface area contributed by atoms with Gasteiger partial charge in [0.25, 0.3) is 0 Å². The van der Waals surface area contributed by atoms with Crippen LogP contribution in [0.4, 0.5) is 0 Å². The van der Waals surface area contributed by atoms with Crippen LogP contribution in [-0.2, 0) is 12.8 Å². The SMILES string of the molecule is CCc1ccc(CC(N)c2ccnc(C)c2)nc1. The van der Waals surface area contributed by atoms with Crippen molar-refractivity contribution < 1.29 is 0 Å². The lowest BCUT2D eigenvalue weighted by Gasteiger charge is -2.12. The maximum atomic E-state index is 6.20. The summed E-state index contributed by atoms with van der Waals surface area (Å²) >= 11 is 0. The molecule has 0 saturated heterocycles. The Hall–Kier alpha value is -1.74. The number of pyridine rings is 2. The maximum absolute atomic E-state index is 6.20. The molecule has 0 aliphatic carbocycles. The normalized spacial score (nSPS) is 12.4. The molecule has 2 heterocycles. The second kappa shape index (κ2) is 5.74. The van der Waals surface area contributed by atoms with Crippen LogP contribution in [0.1, 0.15) is 35.5 Å². The predicted molar refractivity (Wildman–Crippen MR) is 73.2 cm³/mol. The number of hydrogen-bond acceptors (Lipinski definition) is 3. The Morgan fingerprint density at radius 2 is 2.06 bits per heavy atom. The first kappa shape index (κ1) is 12.7. The summed E-state index contributed by atoms with van der Waals surface area (Å²) in [5.74, 6) is 0. The fourth-order valence-corrected chi connectivity index (χ4v) is 1.93. The highest BCUT2D eigenvalue weighted by atomic mass is 14.7. The smallest absolute Gasteiger partial charge is 0.0422 e. The first-order valence-corrected chi connectivity index (χ1v) is 6.31. The average molecular weight is 241 g/mol. The molecule has 0 aliphatic rings. The monoisotopic (exact) mass is 241 g/mol. The lowest BCUT2D eigenvalue weighted by atomic mass is 10.0. The van der Waals surface area contributed by atoms with E-state index in [0.717, 1.165) is 29.8 Å². The van der Waals surface area contributed by atoms with Crippen LogP contribution in [0.25, 0.3) is 0 Å². The molecule has 0 bridgehead atoms. The van der Waals surface area contributed by atoms with Crippen molar-refractivity contribution in [2.75, 3.05) is 0 Å². The van der Waals surface area contributed by atoms with Gasteiger partial charge in [0.2, 0.25) is 0 Å². The molecule has 3 nitrogen and oxygen atoms in total. The van der Waals surface area contributed by atoms with Crippen molar-refractivity contribution in [1.29, 1.82) is 0 Å². The fourth-order valence-electron chi connectivity index (χ4n) is 1.93. The minimum atomic E-state index is -0.0216. The third-order valence-corrected chi connectivity index (χ3v) is 3.07. The molecule has 0 saturated carbocycles. The third kappa shape index (κ3) is 3.14. The standard InChI is InChI=1S/C15H19N3/c1-3-12-4-5-14(18-10-12)9-15(16)13-6-7-17-11(2)8-13/h4-8,10,15H,3,9,16H2,1-2H3. The molecule has 1 unspecified atom stereocenters. The highest BCUT2D eigenvalue weighted by molar-refractivity contribution is 5.22. The summed E-state index contributed by atoms with van der Waals surface area (Å²) in [6.07, 6.45) is 5.51. The van der Waals surface area contributed by atoms with Crippen LogP contribution in [0.2, 0.25) is 0 Å². The van der Waals surface area contributed by atoms with Gasteiger partial charge in [0.05, 0.1) is 0 Å². The number of nitrogens with two attached hydrogens (primary N) is 1. The van der Waals surface area contributed by atoms with Crippen molar-refractivity contribution >= 4 is 0 Å². The van der Waals surface area contributed by atoms with Gasteiger partial charge in [-0.05, 0) is 42.7 Å². The summed E-state index contributed by atoms with van der Waals surface area (Å²) in [5, 5.41) is 0. The summed E-state index contributed by atoms with van der Waals surface area (Å²) in [4.78, 5) is 8.62. The number of aromatic nitrogens is 2. The van der Waals surface area contributed by atoms with Gasteiger partial charge in [0, 0.05) is 36.2 Å². The number of hydrogen-bond donors (Lipinski definition) is 1. The van der Waals surface area contributed by atoms with Gasteiger partial charge in [-0.2, -0.15) is 0 Å². The van der Waals surface area contributed by atoms with Gasteiger partial charge in [-0.3, -0.25) is 9.97 Å². The van der Waals surface area contributed by atoms with Crippen LogP contribution in [0, 0.1) is 6.92 Å². The molecule has 0 aliphatic heterocycles. The summed E-state index contributed by atoms with van der Waals surface area (Å²) in [6.45, 7) is 4.10. The zero-order chi connectivity index (χ0) is 13.0. The second-order valence-electron chi connectivity index (χ2n) is 4.55. The summed E-state index contributed by atoms with van der Waals surface area (Å²) in [7, 11) is 0. The largest absolute Gasteiger partial charge is 0.324 e. The minimum absolute atomic E-state index is 0.0216. The Morgan fingerprint density at radius 3 is 2.67 bits per heavy atom. The van der Waals surface area contributed by atoms with Crippen LogP contribution < -0.4 is 5.73 Å². The quantitative estimate of drug-likeness (QED) is 0.895. The summed E-state index contributed by atoms with van der Waals surface area (Å²) < 4.78 is 0. The lowest BCUT2D eigenvalue weighted by molar-refractivity contribution is 0.703. The van der Waals surface area contributed by atoms with Crippen LogP contribution in [0.15, 0.2) is 36.7 Å². The van der Waals surface area contributed by atoms with Crippen LogP contribution in [0.5, 0.6) is 0 Å². The number of aryl methyl sites for hydroxylation is 2. The van der Waals surface area contributed by atoms with Gasteiger partial charge in [-0.15, -0.1) is 0 Å². The zero-order valence-corrected chi connectivity index (χ0v) is 10.9. The molecular formula is C15H19N3. The van der Waals surface area contributed by atoms with E-state index in [4.69, 9.17) is 5.73 Å². The Labute approximate surface area is 108 Å². The summed E-state index contributed by atoms with van der Waals surface area (Å²) in [6, 6.07) is 8.16. The summed E-state index contributed by atoms with van der Waals surface area (Å²) in [5.41, 5.74) is 10.6. The first-order chi connectivity index (χ1) is 8.69. The Morgan fingerprint density at radius 1 is 1.22 bits per heavy atom. The molecule has 0 spiro atoms. The average Bonchev–Trinajstić information content (AvgIpc) is 2.39. The van der Waals surface area contributed by atoms with Crippen LogP contribution in [-0.4, -0.2) is 9.97 Å². The number of nitrogens with zero attached hydrogens (tertiary/aromatic N) is 2. The van der Waals surface area contributed by atoms with E-state index in [1.54, 1.807) is 6.20 Å². The molecule has 2 N–H and O–H groups in total. The molecule has 3 heteroatoms. The highest BCUT2D eigenvalue weighted by Crippen LogP contribution is 2.15. The minimum Gasteiger partial charge on any atom is -0.324 e. The predicted octanol–water partition coefficient (Wildman–Crippen LogP) is 2.59. The van der Waals surface area contributed by atoms with Gasteiger partial charge in [0.1, 0.15) is 0 Å². The van der Waals surface area contributed by atoms with Gasteiger partial charge < -0.3 is 5.73 Å². The highest BCUT2D eigenvalue weighted by Gasteiger charge is 2.08. The van der Waals surface area contributed by atoms with Crippen LogP contribution >= 0.6 is 0 Å². The van der Waals surface area contributed by atoms with E-state index < -0.39 is 0 Å². The molecule has 1 atom stereocenters. The molecule has 2 aromatic rings. The van der Waals surface area contributed by atoms with E-state index >= 15 is 0 Å². The molecule has 2 aromatic heterocycles. The van der Waals surface area contributed by atoms with Crippen molar-refractivity contribution in [2.24, 2.45) is 5.73 Å². The van der Waals surface area contributed by atoms with Crippen LogP contribution in [0.3, 0.4) is 0 Å². The van der Waals surface area contributed by atoms with E-state index in [-0.39, 0.29) is 6.04 Å². The van der Waals surface area contributed by atoms with E-state index in [1.807, 2.05) is 25.3 Å². The van der Waals surface area contributed by atoms with E-state index in [9.17, 15) is 0 Å². The maximum Gasteiger partial charge on any atom is 0.0422 e. The van der Waals surface area contributed by atoms with Crippen molar-refractivity contribution in [3.8, 4) is 0 Å². The van der Waals surface area contributed by atoms with Gasteiger partial charge in [0.15, 0.2) is 0 Å². The van der Waals surface area contributed by atoms with E-state index in [1.165, 1.54) is 5.56 Å². The topological polar surface area (TPSA) is 51.8 Å². The first-order valence-electron chi connectivity index (χ1n) is 6.31. The Balaban J connectivity index is 2.08. The van der Waals surface area contributed by atoms with Gasteiger partial charge >= 0.3 is 0 Å². The molecule has 18 heavy (non-hydrogen) atoms. The van der Waals surface area contributed by atoms with Crippen molar-refractivity contribution in [3.05, 3.63) is 59.2 Å². The Kier molecular flexibility index (Phi) is 4.05. The fraction of sp³-hybridized carbons (Fsp3) is 0.333. The molecular weight excluding hydrogens is 222 g/mol. The third-order valence-electron chi connectivity index (χ3n) is 3.07. The molecule has 2 rings (SSSR count). The number of rotatable bonds is 4. The van der Waals surface area contributed by atoms with E-state index in [2.05, 4.69) is 29.0 Å². The lowest BCUT2D eigenvalue weighted by Crippen LogP contribution is -2.14. The van der Waals surface area contributed by atoms with Gasteiger partial charge in [-0.1, -0.05) is 13.0 Å². The van der Waals surface area contributed by atoms with Crippen molar-refractivity contribution in [3.63, 3.8) is 0 Å². The Bertz CT molecular complexity index is 505.